The highest BCUT2D eigenvalue weighted by atomic mass is 32.2. The molecule has 2 N–H and O–H groups in total. The number of carboxylic acid groups (broad SMARTS) is 1. The SMILES string of the molecule is COc1ccc(C(C)(C)c2nnc(SCC(=O)N[C@@H](Cc3ccccc3)C(=O)O)n2-c2ccc(F)cc2)cc1OC. The number of ether oxygens (including phenoxy) is 2. The predicted molar refractivity (Wildman–Crippen MR) is 153 cm³/mol. The number of carbonyl (C=O) groups excluding carboxylic acids is 1. The molecule has 1 aromatic heterocycles. The van der Waals surface area contributed by atoms with Gasteiger partial charge in [-0.25, -0.2) is 9.18 Å². The number of amides is 1. The van der Waals surface area contributed by atoms with Gasteiger partial charge in [-0.15, -0.1) is 10.2 Å². The summed E-state index contributed by atoms with van der Waals surface area (Å²) >= 11 is 1.11. The van der Waals surface area contributed by atoms with E-state index in [1.165, 1.54) is 12.1 Å². The number of aliphatic carboxylic acids is 1. The molecule has 0 saturated carbocycles. The van der Waals surface area contributed by atoms with Crippen molar-refractivity contribution in [3.8, 4) is 17.2 Å². The van der Waals surface area contributed by atoms with E-state index in [-0.39, 0.29) is 12.2 Å². The van der Waals surface area contributed by atoms with E-state index in [9.17, 15) is 19.1 Å². The molecule has 0 fully saturated rings. The Kier molecular flexibility index (Phi) is 9.28. The van der Waals surface area contributed by atoms with Crippen LogP contribution in [0.5, 0.6) is 11.5 Å². The standard InChI is InChI=1S/C30H31FN4O5S/c1-30(2,20-10-15-24(39-3)25(17-20)40-4)28-33-34-29(35(28)22-13-11-21(31)12-14-22)41-18-26(36)32-23(27(37)38)16-19-8-6-5-7-9-19/h5-15,17,23H,16,18H2,1-4H3,(H,32,36)(H,37,38)/t23-/m0/s1. The maximum absolute atomic E-state index is 13.8. The largest absolute Gasteiger partial charge is 0.493 e. The van der Waals surface area contributed by atoms with E-state index in [1.54, 1.807) is 30.9 Å². The summed E-state index contributed by atoms with van der Waals surface area (Å²) in [6.45, 7) is 3.95. The Bertz CT molecular complexity index is 1510. The van der Waals surface area contributed by atoms with Gasteiger partial charge in [-0.05, 0) is 61.4 Å². The van der Waals surface area contributed by atoms with Crippen molar-refractivity contribution in [2.75, 3.05) is 20.0 Å². The minimum Gasteiger partial charge on any atom is -0.493 e. The summed E-state index contributed by atoms with van der Waals surface area (Å²) in [7, 11) is 3.12. The quantitative estimate of drug-likeness (QED) is 0.234. The molecule has 11 heteroatoms. The van der Waals surface area contributed by atoms with Crippen LogP contribution in [0.3, 0.4) is 0 Å². The Labute approximate surface area is 241 Å². The lowest BCUT2D eigenvalue weighted by molar-refractivity contribution is -0.141. The maximum atomic E-state index is 13.8. The van der Waals surface area contributed by atoms with E-state index in [0.29, 0.717) is 28.2 Å². The average molecular weight is 579 g/mol. The molecular formula is C30H31FN4O5S. The van der Waals surface area contributed by atoms with E-state index in [1.807, 2.05) is 62.4 Å². The molecule has 1 amide bonds. The molecule has 1 atom stereocenters. The first-order valence-electron chi connectivity index (χ1n) is 12.8. The molecule has 9 nitrogen and oxygen atoms in total. The molecular weight excluding hydrogens is 547 g/mol. The normalized spacial score (nSPS) is 12.0. The third-order valence-corrected chi connectivity index (χ3v) is 7.56. The Morgan fingerprint density at radius 1 is 1.00 bits per heavy atom. The van der Waals surface area contributed by atoms with Crippen LogP contribution in [0.2, 0.25) is 0 Å². The van der Waals surface area contributed by atoms with Gasteiger partial charge in [0.15, 0.2) is 16.7 Å². The lowest BCUT2D eigenvalue weighted by Gasteiger charge is -2.26. The zero-order valence-electron chi connectivity index (χ0n) is 23.1. The van der Waals surface area contributed by atoms with Crippen molar-refractivity contribution >= 4 is 23.6 Å². The summed E-state index contributed by atoms with van der Waals surface area (Å²) in [5.74, 6) is -0.398. The number of aromatic nitrogens is 3. The van der Waals surface area contributed by atoms with E-state index in [0.717, 1.165) is 22.9 Å². The maximum Gasteiger partial charge on any atom is 0.326 e. The third kappa shape index (κ3) is 6.86. The van der Waals surface area contributed by atoms with Crippen molar-refractivity contribution in [1.82, 2.24) is 20.1 Å². The van der Waals surface area contributed by atoms with Crippen molar-refractivity contribution in [2.45, 2.75) is 36.9 Å². The number of methoxy groups -OCH3 is 2. The van der Waals surface area contributed by atoms with Crippen molar-refractivity contribution in [3.63, 3.8) is 0 Å². The number of nitrogens with zero attached hydrogens (tertiary/aromatic N) is 3. The molecule has 0 saturated heterocycles. The van der Waals surface area contributed by atoms with Gasteiger partial charge < -0.3 is 19.9 Å². The summed E-state index contributed by atoms with van der Waals surface area (Å²) in [4.78, 5) is 24.7. The molecule has 0 aliphatic heterocycles. The summed E-state index contributed by atoms with van der Waals surface area (Å²) in [6.07, 6.45) is 0.155. The van der Waals surface area contributed by atoms with Gasteiger partial charge in [0, 0.05) is 12.1 Å². The molecule has 0 spiro atoms. The molecule has 214 valence electrons. The van der Waals surface area contributed by atoms with E-state index in [4.69, 9.17) is 9.47 Å². The minimum absolute atomic E-state index is 0.102. The summed E-state index contributed by atoms with van der Waals surface area (Å²) in [5, 5.41) is 21.5. The van der Waals surface area contributed by atoms with Gasteiger partial charge in [0.2, 0.25) is 5.91 Å². The number of hydrogen-bond donors (Lipinski definition) is 2. The van der Waals surface area contributed by atoms with Crippen molar-refractivity contribution in [1.29, 1.82) is 0 Å². The van der Waals surface area contributed by atoms with Gasteiger partial charge in [-0.2, -0.15) is 0 Å². The summed E-state index contributed by atoms with van der Waals surface area (Å²) in [5.41, 5.74) is 1.57. The Morgan fingerprint density at radius 3 is 2.32 bits per heavy atom. The molecule has 1 heterocycles. The molecule has 0 aliphatic rings. The molecule has 0 aliphatic carbocycles. The van der Waals surface area contributed by atoms with Crippen LogP contribution in [-0.4, -0.2) is 57.8 Å². The van der Waals surface area contributed by atoms with E-state index in [2.05, 4.69) is 15.5 Å². The fourth-order valence-corrected chi connectivity index (χ4v) is 5.12. The highest BCUT2D eigenvalue weighted by molar-refractivity contribution is 7.99. The second kappa shape index (κ2) is 12.9. The van der Waals surface area contributed by atoms with Crippen LogP contribution in [0.15, 0.2) is 78.0 Å². The number of thioether (sulfide) groups is 1. The van der Waals surface area contributed by atoms with Crippen molar-refractivity contribution < 1.29 is 28.6 Å². The summed E-state index contributed by atoms with van der Waals surface area (Å²) in [6, 6.07) is 19.5. The van der Waals surface area contributed by atoms with Crippen molar-refractivity contribution in [3.05, 3.63) is 95.6 Å². The fraction of sp³-hybridized carbons (Fsp3) is 0.267. The molecule has 41 heavy (non-hydrogen) atoms. The molecule has 0 radical (unpaired) electrons. The molecule has 4 rings (SSSR count). The van der Waals surface area contributed by atoms with Crippen LogP contribution in [0, 0.1) is 5.82 Å². The Hall–Kier alpha value is -4.38. The van der Waals surface area contributed by atoms with Crippen LogP contribution < -0.4 is 14.8 Å². The van der Waals surface area contributed by atoms with E-state index >= 15 is 0 Å². The molecule has 0 unspecified atom stereocenters. The van der Waals surface area contributed by atoms with Gasteiger partial charge in [0.25, 0.3) is 0 Å². The minimum atomic E-state index is -1.12. The van der Waals surface area contributed by atoms with Crippen LogP contribution in [-0.2, 0) is 21.4 Å². The number of carboxylic acids is 1. The number of rotatable bonds is 12. The van der Waals surface area contributed by atoms with Gasteiger partial charge in [0.1, 0.15) is 17.7 Å². The fourth-order valence-electron chi connectivity index (χ4n) is 4.36. The van der Waals surface area contributed by atoms with Crippen LogP contribution in [0.1, 0.15) is 30.8 Å². The zero-order chi connectivity index (χ0) is 29.6. The lowest BCUT2D eigenvalue weighted by atomic mass is 9.83. The predicted octanol–water partition coefficient (Wildman–Crippen LogP) is 4.65. The average Bonchev–Trinajstić information content (AvgIpc) is 3.41. The zero-order valence-corrected chi connectivity index (χ0v) is 23.9. The topological polar surface area (TPSA) is 116 Å². The van der Waals surface area contributed by atoms with Crippen LogP contribution in [0.25, 0.3) is 5.69 Å². The molecule has 0 bridgehead atoms. The summed E-state index contributed by atoms with van der Waals surface area (Å²) < 4.78 is 26.4. The first-order valence-corrected chi connectivity index (χ1v) is 13.8. The van der Waals surface area contributed by atoms with Crippen LogP contribution >= 0.6 is 11.8 Å². The van der Waals surface area contributed by atoms with Crippen LogP contribution in [0.4, 0.5) is 4.39 Å². The van der Waals surface area contributed by atoms with Gasteiger partial charge in [-0.3, -0.25) is 9.36 Å². The number of nitrogens with one attached hydrogen (secondary N) is 1. The number of carbonyl (C=O) groups is 2. The molecule has 3 aromatic carbocycles. The number of halogens is 1. The second-order valence-corrected chi connectivity index (χ2v) is 10.7. The van der Waals surface area contributed by atoms with Crippen molar-refractivity contribution in [2.24, 2.45) is 0 Å². The van der Waals surface area contributed by atoms with Gasteiger partial charge in [0.05, 0.1) is 25.4 Å². The highest BCUT2D eigenvalue weighted by Gasteiger charge is 2.32. The first kappa shape index (κ1) is 29.6. The Morgan fingerprint density at radius 2 is 1.68 bits per heavy atom. The van der Waals surface area contributed by atoms with Gasteiger partial charge >= 0.3 is 5.97 Å². The van der Waals surface area contributed by atoms with Gasteiger partial charge in [-0.1, -0.05) is 48.2 Å². The number of benzene rings is 3. The lowest BCUT2D eigenvalue weighted by Crippen LogP contribution is -2.43. The second-order valence-electron chi connectivity index (χ2n) is 9.75. The Balaban J connectivity index is 1.62. The monoisotopic (exact) mass is 578 g/mol. The third-order valence-electron chi connectivity index (χ3n) is 6.63. The molecule has 4 aromatic rings. The smallest absolute Gasteiger partial charge is 0.326 e. The number of hydrogen-bond acceptors (Lipinski definition) is 7. The van der Waals surface area contributed by atoms with E-state index < -0.39 is 29.2 Å². The first-order chi connectivity index (χ1) is 19.6. The highest BCUT2D eigenvalue weighted by Crippen LogP contribution is 2.38.